The molecule has 0 saturated heterocycles. The highest BCUT2D eigenvalue weighted by Gasteiger charge is 2.15. The number of carbonyl (C=O) groups is 1. The van der Waals surface area contributed by atoms with Crippen LogP contribution in [-0.2, 0) is 0 Å². The van der Waals surface area contributed by atoms with Crippen molar-refractivity contribution in [2.45, 2.75) is 0 Å². The predicted molar refractivity (Wildman–Crippen MR) is 98.1 cm³/mol. The van der Waals surface area contributed by atoms with Crippen molar-refractivity contribution in [3.05, 3.63) is 64.0 Å². The number of hydrogen-bond donors (Lipinski definition) is 0. The van der Waals surface area contributed by atoms with E-state index >= 15 is 0 Å². The lowest BCUT2D eigenvalue weighted by atomic mass is 10.1. The van der Waals surface area contributed by atoms with Crippen LogP contribution >= 0.6 is 23.2 Å². The number of methoxy groups -OCH3 is 2. The van der Waals surface area contributed by atoms with Crippen LogP contribution in [-0.4, -0.2) is 29.4 Å². The van der Waals surface area contributed by atoms with Crippen LogP contribution in [0.25, 0.3) is 11.7 Å². The maximum absolute atomic E-state index is 12.6. The van der Waals surface area contributed by atoms with E-state index < -0.39 is 0 Å². The van der Waals surface area contributed by atoms with E-state index in [0.717, 1.165) is 0 Å². The molecule has 0 atom stereocenters. The molecule has 3 aromatic rings. The molecule has 0 spiro atoms. The van der Waals surface area contributed by atoms with Gasteiger partial charge < -0.3 is 9.47 Å². The molecule has 2 aromatic heterocycles. The van der Waals surface area contributed by atoms with Gasteiger partial charge >= 0.3 is 0 Å². The van der Waals surface area contributed by atoms with E-state index in [-0.39, 0.29) is 5.78 Å². The number of aromatic nitrogens is 2. The van der Waals surface area contributed by atoms with E-state index in [1.54, 1.807) is 16.5 Å². The smallest absolute Gasteiger partial charge is 0.189 e. The molecule has 128 valence electrons. The molecule has 0 N–H and O–H groups in total. The molecule has 5 nitrogen and oxygen atoms in total. The molecule has 0 aliphatic rings. The Morgan fingerprint density at radius 2 is 1.92 bits per heavy atom. The summed E-state index contributed by atoms with van der Waals surface area (Å²) in [5.74, 6) is 0.535. The molecule has 25 heavy (non-hydrogen) atoms. The van der Waals surface area contributed by atoms with Crippen LogP contribution < -0.4 is 9.47 Å². The molecule has 0 aliphatic carbocycles. The first-order valence-corrected chi connectivity index (χ1v) is 8.07. The molecular formula is C18H14Cl2N2O3. The van der Waals surface area contributed by atoms with Crippen molar-refractivity contribution >= 4 is 40.7 Å². The highest BCUT2D eigenvalue weighted by atomic mass is 35.5. The fourth-order valence-corrected chi connectivity index (χ4v) is 2.91. The molecule has 0 radical (unpaired) electrons. The number of imidazole rings is 1. The lowest BCUT2D eigenvalue weighted by molar-refractivity contribution is 0.104. The minimum atomic E-state index is -0.275. The number of rotatable bonds is 5. The summed E-state index contributed by atoms with van der Waals surface area (Å²) in [6.07, 6.45) is 4.84. The maximum atomic E-state index is 12.6. The minimum absolute atomic E-state index is 0.275. The third kappa shape index (κ3) is 3.34. The van der Waals surface area contributed by atoms with Crippen LogP contribution in [0.1, 0.15) is 16.1 Å². The quantitative estimate of drug-likeness (QED) is 0.483. The first-order chi connectivity index (χ1) is 12.0. The van der Waals surface area contributed by atoms with Crippen molar-refractivity contribution in [2.75, 3.05) is 14.2 Å². The zero-order chi connectivity index (χ0) is 18.0. The van der Waals surface area contributed by atoms with Gasteiger partial charge in [0.25, 0.3) is 0 Å². The van der Waals surface area contributed by atoms with Gasteiger partial charge in [0, 0.05) is 12.3 Å². The number of benzene rings is 1. The van der Waals surface area contributed by atoms with Crippen molar-refractivity contribution in [1.29, 1.82) is 0 Å². The Labute approximate surface area is 154 Å². The molecule has 0 bridgehead atoms. The van der Waals surface area contributed by atoms with Crippen molar-refractivity contribution in [3.8, 4) is 11.5 Å². The maximum Gasteiger partial charge on any atom is 0.189 e. The van der Waals surface area contributed by atoms with E-state index in [4.69, 9.17) is 32.7 Å². The molecule has 0 amide bonds. The van der Waals surface area contributed by atoms with Gasteiger partial charge in [-0.3, -0.25) is 9.20 Å². The number of halogens is 2. The first kappa shape index (κ1) is 17.3. The third-order valence-electron chi connectivity index (χ3n) is 3.65. The average molecular weight is 377 g/mol. The second kappa shape index (κ2) is 7.17. The Morgan fingerprint density at radius 3 is 2.64 bits per heavy atom. The summed E-state index contributed by atoms with van der Waals surface area (Å²) in [4.78, 5) is 16.8. The van der Waals surface area contributed by atoms with Crippen LogP contribution in [0, 0.1) is 0 Å². The molecular weight excluding hydrogens is 363 g/mol. The SMILES string of the molecule is COc1cc(OC)c(C(=O)/C=C/c2c(Cl)nc3ccccn23)cc1Cl. The van der Waals surface area contributed by atoms with Crippen molar-refractivity contribution < 1.29 is 14.3 Å². The van der Waals surface area contributed by atoms with E-state index in [0.29, 0.717) is 38.6 Å². The van der Waals surface area contributed by atoms with Gasteiger partial charge in [-0.1, -0.05) is 29.3 Å². The largest absolute Gasteiger partial charge is 0.496 e. The fraction of sp³-hybridized carbons (Fsp3) is 0.111. The normalized spacial score (nSPS) is 11.2. The van der Waals surface area contributed by atoms with Gasteiger partial charge in [-0.05, 0) is 30.4 Å². The number of carbonyl (C=O) groups excluding carboxylic acids is 1. The molecule has 0 unspecified atom stereocenters. The zero-order valence-corrected chi connectivity index (χ0v) is 15.0. The molecule has 1 aromatic carbocycles. The van der Waals surface area contributed by atoms with Crippen LogP contribution in [0.15, 0.2) is 42.6 Å². The summed E-state index contributed by atoms with van der Waals surface area (Å²) in [5, 5.41) is 0.642. The van der Waals surface area contributed by atoms with Gasteiger partial charge in [-0.15, -0.1) is 0 Å². The Balaban J connectivity index is 1.98. The van der Waals surface area contributed by atoms with E-state index in [1.165, 1.54) is 26.4 Å². The lowest BCUT2D eigenvalue weighted by Crippen LogP contribution is -2.00. The Bertz CT molecular complexity index is 980. The molecule has 0 aliphatic heterocycles. The summed E-state index contributed by atoms with van der Waals surface area (Å²) in [6.45, 7) is 0. The number of pyridine rings is 1. The average Bonchev–Trinajstić information content (AvgIpc) is 2.94. The second-order valence-electron chi connectivity index (χ2n) is 5.10. The van der Waals surface area contributed by atoms with E-state index in [2.05, 4.69) is 4.98 Å². The highest BCUT2D eigenvalue weighted by Crippen LogP contribution is 2.33. The van der Waals surface area contributed by atoms with Gasteiger partial charge in [-0.2, -0.15) is 0 Å². The zero-order valence-electron chi connectivity index (χ0n) is 13.5. The molecule has 2 heterocycles. The van der Waals surface area contributed by atoms with Crippen molar-refractivity contribution in [1.82, 2.24) is 9.38 Å². The molecule has 0 saturated carbocycles. The number of allylic oxidation sites excluding steroid dienone is 1. The van der Waals surface area contributed by atoms with Gasteiger partial charge in [0.15, 0.2) is 10.9 Å². The van der Waals surface area contributed by atoms with Gasteiger partial charge in [0.2, 0.25) is 0 Å². The lowest BCUT2D eigenvalue weighted by Gasteiger charge is -2.10. The number of hydrogen-bond acceptors (Lipinski definition) is 4. The minimum Gasteiger partial charge on any atom is -0.496 e. The number of ether oxygens (including phenoxy) is 2. The van der Waals surface area contributed by atoms with Crippen LogP contribution in [0.5, 0.6) is 11.5 Å². The topological polar surface area (TPSA) is 52.8 Å². The van der Waals surface area contributed by atoms with E-state index in [1.807, 2.05) is 24.4 Å². The number of ketones is 1. The first-order valence-electron chi connectivity index (χ1n) is 7.31. The van der Waals surface area contributed by atoms with Crippen LogP contribution in [0.3, 0.4) is 0 Å². The van der Waals surface area contributed by atoms with Crippen LogP contribution in [0.2, 0.25) is 10.2 Å². The van der Waals surface area contributed by atoms with Gasteiger partial charge in [-0.25, -0.2) is 4.98 Å². The standard InChI is InChI=1S/C18H14Cl2N2O3/c1-24-15-10-16(25-2)12(19)9-11(15)14(23)7-6-13-18(20)21-17-5-3-4-8-22(13)17/h3-10H,1-2H3/b7-6+. The summed E-state index contributed by atoms with van der Waals surface area (Å²) in [6, 6.07) is 8.64. The monoisotopic (exact) mass is 376 g/mol. The van der Waals surface area contributed by atoms with E-state index in [9.17, 15) is 4.79 Å². The molecule has 7 heteroatoms. The third-order valence-corrected chi connectivity index (χ3v) is 4.23. The molecule has 3 rings (SSSR count). The van der Waals surface area contributed by atoms with Crippen molar-refractivity contribution in [3.63, 3.8) is 0 Å². The summed E-state index contributed by atoms with van der Waals surface area (Å²) in [5.41, 5.74) is 1.64. The Kier molecular flexibility index (Phi) is 4.97. The second-order valence-corrected chi connectivity index (χ2v) is 5.87. The summed E-state index contributed by atoms with van der Waals surface area (Å²) in [7, 11) is 2.97. The Hall–Kier alpha value is -2.50. The van der Waals surface area contributed by atoms with Gasteiger partial charge in [0.05, 0.1) is 30.5 Å². The number of fused-ring (bicyclic) bond motifs is 1. The fourth-order valence-electron chi connectivity index (χ4n) is 2.43. The van der Waals surface area contributed by atoms with Crippen LogP contribution in [0.4, 0.5) is 0 Å². The number of nitrogens with zero attached hydrogens (tertiary/aromatic N) is 2. The predicted octanol–water partition coefficient (Wildman–Crippen LogP) is 4.55. The summed E-state index contributed by atoms with van der Waals surface area (Å²) >= 11 is 12.3. The van der Waals surface area contributed by atoms with Gasteiger partial charge in [0.1, 0.15) is 17.1 Å². The summed E-state index contributed by atoms with van der Waals surface area (Å²) < 4.78 is 12.2. The van der Waals surface area contributed by atoms with Crippen molar-refractivity contribution in [2.24, 2.45) is 0 Å². The highest BCUT2D eigenvalue weighted by molar-refractivity contribution is 6.33. The Morgan fingerprint density at radius 1 is 1.16 bits per heavy atom. The molecule has 0 fully saturated rings.